The first-order valence-corrected chi connectivity index (χ1v) is 14.1. The van der Waals surface area contributed by atoms with Gasteiger partial charge in [0, 0.05) is 59.1 Å². The zero-order valence-corrected chi connectivity index (χ0v) is 23.4. The second kappa shape index (κ2) is 12.6. The molecule has 1 saturated carbocycles. The van der Waals surface area contributed by atoms with Crippen molar-refractivity contribution in [2.24, 2.45) is 5.92 Å². The summed E-state index contributed by atoms with van der Waals surface area (Å²) in [5.41, 5.74) is 4.68. The molecular weight excluding hydrogens is 460 g/mol. The van der Waals surface area contributed by atoms with Gasteiger partial charge in [-0.3, -0.25) is 9.78 Å². The van der Waals surface area contributed by atoms with Crippen molar-refractivity contribution in [3.05, 3.63) is 52.5 Å². The number of H-pyrrole nitrogens is 1. The van der Waals surface area contributed by atoms with E-state index in [0.717, 1.165) is 63.4 Å². The van der Waals surface area contributed by atoms with Crippen LogP contribution in [0, 0.1) is 5.92 Å². The Bertz CT molecular complexity index is 1100. The second-order valence-electron chi connectivity index (χ2n) is 11.2. The first-order chi connectivity index (χ1) is 17.9. The number of nitrogens with one attached hydrogen (secondary N) is 1. The van der Waals surface area contributed by atoms with Crippen LogP contribution >= 0.6 is 0 Å². The number of likely N-dealkylation sites (N-methyl/N-ethyl adjacent to an activating group) is 1. The number of aromatic nitrogens is 2. The normalized spacial score (nSPS) is 17.1. The molecule has 0 spiro atoms. The molecule has 0 amide bonds. The summed E-state index contributed by atoms with van der Waals surface area (Å²) in [4.78, 5) is 30.6. The molecule has 2 aromatic rings. The fourth-order valence-corrected chi connectivity index (χ4v) is 5.73. The van der Waals surface area contributed by atoms with Gasteiger partial charge in [-0.25, -0.2) is 4.98 Å². The zero-order chi connectivity index (χ0) is 26.4. The van der Waals surface area contributed by atoms with E-state index >= 15 is 0 Å². The lowest BCUT2D eigenvalue weighted by Gasteiger charge is -2.34. The Hall–Kier alpha value is -2.80. The molecular formula is C30H46N6O. The van der Waals surface area contributed by atoms with E-state index in [4.69, 9.17) is 4.98 Å². The second-order valence-corrected chi connectivity index (χ2v) is 11.2. The van der Waals surface area contributed by atoms with Gasteiger partial charge < -0.3 is 19.6 Å². The summed E-state index contributed by atoms with van der Waals surface area (Å²) in [6.45, 7) is 12.3. The van der Waals surface area contributed by atoms with E-state index in [1.807, 2.05) is 19.0 Å². The first kappa shape index (κ1) is 27.2. The monoisotopic (exact) mass is 506 g/mol. The molecule has 1 saturated heterocycles. The summed E-state index contributed by atoms with van der Waals surface area (Å²) >= 11 is 0. The number of hydrogen-bond acceptors (Lipinski definition) is 6. The number of allylic oxidation sites excluding steroid dienone is 1. The van der Waals surface area contributed by atoms with Gasteiger partial charge in [-0.2, -0.15) is 0 Å². The SMILES string of the molecule is C=C(CCC)c1nc(N(Cc2cccc(N3CCN(C)CC3)c2)CC2CCCCC2)[nH]c(=O)c1N(C)C. The lowest BCUT2D eigenvalue weighted by atomic mass is 9.89. The number of nitrogens with zero attached hydrogens (tertiary/aromatic N) is 5. The van der Waals surface area contributed by atoms with Crippen molar-refractivity contribution in [2.75, 3.05) is 68.6 Å². The van der Waals surface area contributed by atoms with Crippen LogP contribution in [0.25, 0.3) is 5.57 Å². The van der Waals surface area contributed by atoms with E-state index in [0.29, 0.717) is 17.6 Å². The van der Waals surface area contributed by atoms with Gasteiger partial charge in [0.05, 0.1) is 5.69 Å². The third kappa shape index (κ3) is 6.95. The highest BCUT2D eigenvalue weighted by molar-refractivity contribution is 5.73. The van der Waals surface area contributed by atoms with Crippen LogP contribution in [0.3, 0.4) is 0 Å². The predicted molar refractivity (Wildman–Crippen MR) is 157 cm³/mol. The van der Waals surface area contributed by atoms with E-state index < -0.39 is 0 Å². The minimum absolute atomic E-state index is 0.0953. The molecule has 0 atom stereocenters. The smallest absolute Gasteiger partial charge is 0.276 e. The number of anilines is 3. The number of aromatic amines is 1. The maximum Gasteiger partial charge on any atom is 0.276 e. The third-order valence-corrected chi connectivity index (χ3v) is 7.87. The molecule has 7 nitrogen and oxygen atoms in total. The molecule has 2 heterocycles. The van der Waals surface area contributed by atoms with Crippen molar-refractivity contribution in [3.63, 3.8) is 0 Å². The van der Waals surface area contributed by atoms with Gasteiger partial charge in [-0.05, 0) is 55.5 Å². The molecule has 1 aliphatic heterocycles. The lowest BCUT2D eigenvalue weighted by molar-refractivity contribution is 0.313. The quantitative estimate of drug-likeness (QED) is 0.490. The molecule has 2 aliphatic rings. The van der Waals surface area contributed by atoms with Crippen LogP contribution in [0.1, 0.15) is 63.1 Å². The Morgan fingerprint density at radius 2 is 1.86 bits per heavy atom. The standard InChI is InChI=1S/C30H46N6O/c1-6-11-23(2)27-28(33(3)4)29(37)32-30(31-27)36(21-24-12-8-7-9-13-24)22-25-14-10-15-26(20-25)35-18-16-34(5)17-19-35/h10,14-15,20,24H,2,6-9,11-13,16-19,21-22H2,1,3-5H3,(H,31,32,37). The molecule has 1 N–H and O–H groups in total. The van der Waals surface area contributed by atoms with Gasteiger partial charge in [0.25, 0.3) is 5.56 Å². The van der Waals surface area contributed by atoms with Gasteiger partial charge in [0.15, 0.2) is 0 Å². The molecule has 0 radical (unpaired) electrons. The Morgan fingerprint density at radius 1 is 1.14 bits per heavy atom. The van der Waals surface area contributed by atoms with Crippen LogP contribution < -0.4 is 20.3 Å². The average Bonchev–Trinajstić information content (AvgIpc) is 2.89. The number of hydrogen-bond donors (Lipinski definition) is 1. The van der Waals surface area contributed by atoms with E-state index in [9.17, 15) is 4.79 Å². The van der Waals surface area contributed by atoms with Crippen LogP contribution in [-0.4, -0.2) is 68.7 Å². The predicted octanol–water partition coefficient (Wildman–Crippen LogP) is 4.99. The summed E-state index contributed by atoms with van der Waals surface area (Å²) in [7, 11) is 5.99. The molecule has 4 rings (SSSR count). The first-order valence-electron chi connectivity index (χ1n) is 14.1. The van der Waals surface area contributed by atoms with Crippen LogP contribution in [0.15, 0.2) is 35.6 Å². The maximum absolute atomic E-state index is 13.3. The summed E-state index contributed by atoms with van der Waals surface area (Å²) in [5.74, 6) is 1.29. The van der Waals surface area contributed by atoms with Crippen molar-refractivity contribution >= 4 is 22.9 Å². The number of rotatable bonds is 10. The molecule has 2 fully saturated rings. The summed E-state index contributed by atoms with van der Waals surface area (Å²) < 4.78 is 0. The van der Waals surface area contributed by atoms with E-state index in [2.05, 4.69) is 64.5 Å². The summed E-state index contributed by atoms with van der Waals surface area (Å²) in [6.07, 6.45) is 8.20. The minimum Gasteiger partial charge on any atom is -0.371 e. The fourth-order valence-electron chi connectivity index (χ4n) is 5.73. The van der Waals surface area contributed by atoms with Crippen molar-refractivity contribution in [1.29, 1.82) is 0 Å². The summed E-state index contributed by atoms with van der Waals surface area (Å²) in [5, 5.41) is 0. The van der Waals surface area contributed by atoms with Gasteiger partial charge in [-0.1, -0.05) is 51.3 Å². The van der Waals surface area contributed by atoms with Crippen LogP contribution in [0.2, 0.25) is 0 Å². The average molecular weight is 507 g/mol. The van der Waals surface area contributed by atoms with Crippen LogP contribution in [0.4, 0.5) is 17.3 Å². The summed E-state index contributed by atoms with van der Waals surface area (Å²) in [6, 6.07) is 8.92. The molecule has 7 heteroatoms. The Balaban J connectivity index is 1.66. The van der Waals surface area contributed by atoms with Crippen molar-refractivity contribution in [3.8, 4) is 0 Å². The number of benzene rings is 1. The Morgan fingerprint density at radius 3 is 2.54 bits per heavy atom. The molecule has 1 aromatic carbocycles. The number of piperazine rings is 1. The van der Waals surface area contributed by atoms with Crippen LogP contribution in [-0.2, 0) is 6.54 Å². The highest BCUT2D eigenvalue weighted by Gasteiger charge is 2.23. The molecule has 1 aromatic heterocycles. The maximum atomic E-state index is 13.3. The van der Waals surface area contributed by atoms with E-state index in [1.165, 1.54) is 43.4 Å². The minimum atomic E-state index is -0.0953. The van der Waals surface area contributed by atoms with E-state index in [1.54, 1.807) is 0 Å². The lowest BCUT2D eigenvalue weighted by Crippen LogP contribution is -2.44. The zero-order valence-electron chi connectivity index (χ0n) is 23.4. The van der Waals surface area contributed by atoms with Gasteiger partial charge >= 0.3 is 0 Å². The molecule has 37 heavy (non-hydrogen) atoms. The fraction of sp³-hybridized carbons (Fsp3) is 0.600. The largest absolute Gasteiger partial charge is 0.371 e. The molecule has 0 bridgehead atoms. The Kier molecular flexibility index (Phi) is 9.30. The van der Waals surface area contributed by atoms with E-state index in [-0.39, 0.29) is 5.56 Å². The van der Waals surface area contributed by atoms with Gasteiger partial charge in [-0.15, -0.1) is 0 Å². The van der Waals surface area contributed by atoms with Gasteiger partial charge in [0.2, 0.25) is 5.95 Å². The van der Waals surface area contributed by atoms with Crippen molar-refractivity contribution < 1.29 is 0 Å². The molecule has 202 valence electrons. The highest BCUT2D eigenvalue weighted by atomic mass is 16.1. The Labute approximate surface area is 223 Å². The highest BCUT2D eigenvalue weighted by Crippen LogP contribution is 2.29. The van der Waals surface area contributed by atoms with Gasteiger partial charge in [0.1, 0.15) is 5.69 Å². The molecule has 0 unspecified atom stereocenters. The third-order valence-electron chi connectivity index (χ3n) is 7.87. The van der Waals surface area contributed by atoms with Crippen LogP contribution in [0.5, 0.6) is 0 Å². The van der Waals surface area contributed by atoms with Crippen molar-refractivity contribution in [1.82, 2.24) is 14.9 Å². The molecule has 1 aliphatic carbocycles. The topological polar surface area (TPSA) is 58.7 Å². The van der Waals surface area contributed by atoms with Crippen molar-refractivity contribution in [2.45, 2.75) is 58.4 Å².